The number of aliphatic hydroxyl groups excluding tert-OH is 1. The standard InChI is InChI=1S/C16H24N2O3/c1-13-7-6-8-14(11-13)16(21)18-12-15(20)17-9-4-2-3-5-10-19/h6-8,11,19H,2-5,9-10,12H2,1H3,(H,17,20)(H,18,21). The Kier molecular flexibility index (Phi) is 8.12. The minimum absolute atomic E-state index is 0.0105. The van der Waals surface area contributed by atoms with E-state index in [1.165, 1.54) is 0 Å². The third-order valence-electron chi connectivity index (χ3n) is 3.10. The fraction of sp³-hybridized carbons (Fsp3) is 0.500. The van der Waals surface area contributed by atoms with E-state index in [4.69, 9.17) is 5.11 Å². The summed E-state index contributed by atoms with van der Waals surface area (Å²) in [6.45, 7) is 2.73. The molecule has 1 rings (SSSR count). The van der Waals surface area contributed by atoms with Crippen LogP contribution in [-0.2, 0) is 4.79 Å². The van der Waals surface area contributed by atoms with E-state index in [2.05, 4.69) is 10.6 Å². The molecular formula is C16H24N2O3. The summed E-state index contributed by atoms with van der Waals surface area (Å²) in [6, 6.07) is 7.24. The Morgan fingerprint density at radius 3 is 2.57 bits per heavy atom. The molecule has 21 heavy (non-hydrogen) atoms. The first-order valence-electron chi connectivity index (χ1n) is 7.36. The van der Waals surface area contributed by atoms with Crippen molar-refractivity contribution in [3.63, 3.8) is 0 Å². The van der Waals surface area contributed by atoms with Gasteiger partial charge in [0.2, 0.25) is 5.91 Å². The van der Waals surface area contributed by atoms with Crippen molar-refractivity contribution in [2.45, 2.75) is 32.6 Å². The molecule has 5 heteroatoms. The molecule has 1 aromatic carbocycles. The van der Waals surface area contributed by atoms with E-state index < -0.39 is 0 Å². The normalized spacial score (nSPS) is 10.2. The number of rotatable bonds is 9. The van der Waals surface area contributed by atoms with Crippen molar-refractivity contribution in [1.82, 2.24) is 10.6 Å². The monoisotopic (exact) mass is 292 g/mol. The van der Waals surface area contributed by atoms with Gasteiger partial charge in [0.15, 0.2) is 0 Å². The molecule has 0 fully saturated rings. The summed E-state index contributed by atoms with van der Waals surface area (Å²) < 4.78 is 0. The van der Waals surface area contributed by atoms with Gasteiger partial charge in [-0.2, -0.15) is 0 Å². The molecule has 0 saturated heterocycles. The number of amides is 2. The van der Waals surface area contributed by atoms with Crippen molar-refractivity contribution in [3.8, 4) is 0 Å². The highest BCUT2D eigenvalue weighted by atomic mass is 16.3. The predicted molar refractivity (Wildman–Crippen MR) is 82.1 cm³/mol. The molecule has 0 saturated carbocycles. The molecule has 5 nitrogen and oxygen atoms in total. The molecule has 0 aliphatic heterocycles. The molecule has 0 atom stereocenters. The molecule has 116 valence electrons. The van der Waals surface area contributed by atoms with Crippen LogP contribution in [0.2, 0.25) is 0 Å². The van der Waals surface area contributed by atoms with Crippen LogP contribution in [0.1, 0.15) is 41.6 Å². The van der Waals surface area contributed by atoms with Crippen LogP contribution < -0.4 is 10.6 Å². The lowest BCUT2D eigenvalue weighted by Crippen LogP contribution is -2.37. The van der Waals surface area contributed by atoms with Crippen LogP contribution >= 0.6 is 0 Å². The molecule has 0 aliphatic rings. The van der Waals surface area contributed by atoms with Gasteiger partial charge < -0.3 is 15.7 Å². The molecule has 0 spiro atoms. The van der Waals surface area contributed by atoms with Gasteiger partial charge in [0.1, 0.15) is 0 Å². The minimum atomic E-state index is -0.239. The van der Waals surface area contributed by atoms with Crippen molar-refractivity contribution >= 4 is 11.8 Å². The first-order chi connectivity index (χ1) is 10.1. The summed E-state index contributed by atoms with van der Waals surface area (Å²) in [5.41, 5.74) is 1.57. The van der Waals surface area contributed by atoms with Gasteiger partial charge in [-0.05, 0) is 31.9 Å². The van der Waals surface area contributed by atoms with E-state index in [0.717, 1.165) is 31.2 Å². The Balaban J connectivity index is 2.16. The van der Waals surface area contributed by atoms with Gasteiger partial charge in [0, 0.05) is 18.7 Å². The van der Waals surface area contributed by atoms with Crippen molar-refractivity contribution in [3.05, 3.63) is 35.4 Å². The van der Waals surface area contributed by atoms with Crippen LogP contribution in [0.15, 0.2) is 24.3 Å². The minimum Gasteiger partial charge on any atom is -0.396 e. The molecule has 0 unspecified atom stereocenters. The number of unbranched alkanes of at least 4 members (excludes halogenated alkanes) is 3. The molecule has 0 aliphatic carbocycles. The quantitative estimate of drug-likeness (QED) is 0.602. The van der Waals surface area contributed by atoms with Crippen molar-refractivity contribution < 1.29 is 14.7 Å². The van der Waals surface area contributed by atoms with E-state index in [1.807, 2.05) is 19.1 Å². The summed E-state index contributed by atoms with van der Waals surface area (Å²) >= 11 is 0. The number of benzene rings is 1. The Morgan fingerprint density at radius 2 is 1.86 bits per heavy atom. The Labute approximate surface area is 125 Å². The molecule has 0 radical (unpaired) electrons. The van der Waals surface area contributed by atoms with Crippen LogP contribution in [0.3, 0.4) is 0 Å². The molecular weight excluding hydrogens is 268 g/mol. The Morgan fingerprint density at radius 1 is 1.10 bits per heavy atom. The zero-order valence-corrected chi connectivity index (χ0v) is 12.5. The third-order valence-corrected chi connectivity index (χ3v) is 3.10. The zero-order valence-electron chi connectivity index (χ0n) is 12.5. The average Bonchev–Trinajstić information content (AvgIpc) is 2.48. The predicted octanol–water partition coefficient (Wildman–Crippen LogP) is 1.39. The molecule has 0 heterocycles. The zero-order chi connectivity index (χ0) is 15.5. The highest BCUT2D eigenvalue weighted by molar-refractivity contribution is 5.96. The van der Waals surface area contributed by atoms with Gasteiger partial charge in [-0.15, -0.1) is 0 Å². The van der Waals surface area contributed by atoms with E-state index in [9.17, 15) is 9.59 Å². The number of carbonyl (C=O) groups excluding carboxylic acids is 2. The van der Waals surface area contributed by atoms with E-state index >= 15 is 0 Å². The SMILES string of the molecule is Cc1cccc(C(=O)NCC(=O)NCCCCCCO)c1. The maximum atomic E-state index is 11.8. The van der Waals surface area contributed by atoms with Crippen LogP contribution in [-0.4, -0.2) is 36.6 Å². The number of hydrogen-bond acceptors (Lipinski definition) is 3. The first kappa shape index (κ1) is 17.2. The molecule has 3 N–H and O–H groups in total. The van der Waals surface area contributed by atoms with E-state index in [1.54, 1.807) is 12.1 Å². The smallest absolute Gasteiger partial charge is 0.251 e. The lowest BCUT2D eigenvalue weighted by Gasteiger charge is -2.07. The molecule has 2 amide bonds. The lowest BCUT2D eigenvalue weighted by molar-refractivity contribution is -0.120. The fourth-order valence-corrected chi connectivity index (χ4v) is 1.93. The van der Waals surface area contributed by atoms with Gasteiger partial charge in [0.05, 0.1) is 6.54 Å². The Hall–Kier alpha value is -1.88. The number of aryl methyl sites for hydroxylation is 1. The highest BCUT2D eigenvalue weighted by Crippen LogP contribution is 2.03. The average molecular weight is 292 g/mol. The van der Waals surface area contributed by atoms with Gasteiger partial charge >= 0.3 is 0 Å². The van der Waals surface area contributed by atoms with Crippen LogP contribution in [0.5, 0.6) is 0 Å². The Bertz CT molecular complexity index is 461. The number of carbonyl (C=O) groups is 2. The number of nitrogens with one attached hydrogen (secondary N) is 2. The third kappa shape index (κ3) is 7.46. The van der Waals surface area contributed by atoms with Crippen molar-refractivity contribution in [2.24, 2.45) is 0 Å². The lowest BCUT2D eigenvalue weighted by atomic mass is 10.1. The van der Waals surface area contributed by atoms with Gasteiger partial charge in [-0.1, -0.05) is 30.5 Å². The van der Waals surface area contributed by atoms with Gasteiger partial charge in [-0.3, -0.25) is 9.59 Å². The number of aliphatic hydroxyl groups is 1. The summed E-state index contributed by atoms with van der Waals surface area (Å²) in [7, 11) is 0. The van der Waals surface area contributed by atoms with Gasteiger partial charge in [0.25, 0.3) is 5.91 Å². The van der Waals surface area contributed by atoms with Gasteiger partial charge in [-0.25, -0.2) is 0 Å². The fourth-order valence-electron chi connectivity index (χ4n) is 1.93. The molecule has 1 aromatic rings. The van der Waals surface area contributed by atoms with Crippen LogP contribution in [0, 0.1) is 6.92 Å². The second-order valence-corrected chi connectivity index (χ2v) is 5.04. The van der Waals surface area contributed by atoms with E-state index in [0.29, 0.717) is 12.1 Å². The first-order valence-corrected chi connectivity index (χ1v) is 7.36. The topological polar surface area (TPSA) is 78.4 Å². The van der Waals surface area contributed by atoms with Crippen molar-refractivity contribution in [1.29, 1.82) is 0 Å². The van der Waals surface area contributed by atoms with Crippen molar-refractivity contribution in [2.75, 3.05) is 19.7 Å². The summed E-state index contributed by atoms with van der Waals surface area (Å²) in [6.07, 6.45) is 3.64. The highest BCUT2D eigenvalue weighted by Gasteiger charge is 2.07. The summed E-state index contributed by atoms with van der Waals surface area (Å²) in [5, 5.41) is 14.0. The van der Waals surface area contributed by atoms with E-state index in [-0.39, 0.29) is 25.0 Å². The van der Waals surface area contributed by atoms with Crippen LogP contribution in [0.4, 0.5) is 0 Å². The molecule has 0 bridgehead atoms. The number of hydrogen-bond donors (Lipinski definition) is 3. The largest absolute Gasteiger partial charge is 0.396 e. The molecule has 0 aromatic heterocycles. The summed E-state index contributed by atoms with van der Waals surface area (Å²) in [5.74, 6) is -0.421. The van der Waals surface area contributed by atoms with Crippen LogP contribution in [0.25, 0.3) is 0 Å². The second kappa shape index (κ2) is 9.94. The maximum absolute atomic E-state index is 11.8. The maximum Gasteiger partial charge on any atom is 0.251 e. The second-order valence-electron chi connectivity index (χ2n) is 5.04. The summed E-state index contributed by atoms with van der Waals surface area (Å²) in [4.78, 5) is 23.4.